The molecule has 0 bridgehead atoms. The van der Waals surface area contributed by atoms with E-state index >= 15 is 0 Å². The first-order chi connectivity index (χ1) is 15.4. The van der Waals surface area contributed by atoms with E-state index in [2.05, 4.69) is 35.8 Å². The number of rotatable bonds is 6. The van der Waals surface area contributed by atoms with Gasteiger partial charge in [0.05, 0.1) is 11.1 Å². The van der Waals surface area contributed by atoms with Crippen LogP contribution >= 0.6 is 0 Å². The van der Waals surface area contributed by atoms with Crippen molar-refractivity contribution in [2.24, 2.45) is 5.10 Å². The average molecular weight is 433 g/mol. The fourth-order valence-corrected chi connectivity index (χ4v) is 2.83. The van der Waals surface area contributed by atoms with E-state index in [1.165, 1.54) is 29.1 Å². The first-order valence-electron chi connectivity index (χ1n) is 9.13. The van der Waals surface area contributed by atoms with Gasteiger partial charge in [0, 0.05) is 23.3 Å². The number of aryl methyl sites for hydroxylation is 1. The molecule has 0 radical (unpaired) electrons. The molecule has 2 aromatic heterocycles. The van der Waals surface area contributed by atoms with E-state index in [1.807, 2.05) is 19.1 Å². The number of carbonyl (C=O) groups is 1. The standard InChI is InChI=1S/C19H15N9O4/c1-11-5-7-13(8-6-11)16-15(22-26-27(16)18-17(20)24-32-25-18)19(29)23-21-10-12-3-2-4-14(9-12)28(30)31/h2-10H,1H3,(H2,20,24)(H,23,29)/b21-10+. The summed E-state index contributed by atoms with van der Waals surface area (Å²) in [6.45, 7) is 1.93. The molecule has 4 rings (SSSR count). The first kappa shape index (κ1) is 20.3. The summed E-state index contributed by atoms with van der Waals surface area (Å²) < 4.78 is 5.88. The second-order valence-corrected chi connectivity index (χ2v) is 6.59. The third kappa shape index (κ3) is 4.02. The van der Waals surface area contributed by atoms with Crippen LogP contribution in [0.2, 0.25) is 0 Å². The molecule has 1 amide bonds. The van der Waals surface area contributed by atoms with Crippen LogP contribution in [0, 0.1) is 17.0 Å². The Morgan fingerprint density at radius 2 is 2.03 bits per heavy atom. The number of aromatic nitrogens is 5. The van der Waals surface area contributed by atoms with Crippen molar-refractivity contribution in [3.63, 3.8) is 0 Å². The fourth-order valence-electron chi connectivity index (χ4n) is 2.83. The van der Waals surface area contributed by atoms with Gasteiger partial charge in [-0.25, -0.2) is 10.1 Å². The van der Waals surface area contributed by atoms with Gasteiger partial charge >= 0.3 is 0 Å². The van der Waals surface area contributed by atoms with Crippen molar-refractivity contribution in [3.05, 3.63) is 75.5 Å². The zero-order chi connectivity index (χ0) is 22.7. The van der Waals surface area contributed by atoms with Crippen LogP contribution in [-0.4, -0.2) is 42.4 Å². The Morgan fingerprint density at radius 1 is 1.25 bits per heavy atom. The number of anilines is 1. The molecule has 3 N–H and O–H groups in total. The summed E-state index contributed by atoms with van der Waals surface area (Å²) in [7, 11) is 0. The number of nitro groups is 1. The summed E-state index contributed by atoms with van der Waals surface area (Å²) in [5.74, 6) is -0.616. The van der Waals surface area contributed by atoms with Crippen LogP contribution in [0.5, 0.6) is 0 Å². The van der Waals surface area contributed by atoms with Gasteiger partial charge in [0.25, 0.3) is 11.6 Å². The monoisotopic (exact) mass is 433 g/mol. The Balaban J connectivity index is 1.66. The number of nitrogens with zero attached hydrogens (tertiary/aromatic N) is 7. The van der Waals surface area contributed by atoms with Crippen LogP contribution < -0.4 is 11.2 Å². The van der Waals surface area contributed by atoms with Crippen LogP contribution in [0.1, 0.15) is 21.6 Å². The third-order valence-electron chi connectivity index (χ3n) is 4.37. The number of carbonyl (C=O) groups excluding carboxylic acids is 1. The highest BCUT2D eigenvalue weighted by atomic mass is 16.6. The zero-order valence-electron chi connectivity index (χ0n) is 16.5. The molecule has 32 heavy (non-hydrogen) atoms. The summed E-state index contributed by atoms with van der Waals surface area (Å²) in [5, 5.41) is 29.9. The van der Waals surface area contributed by atoms with E-state index in [1.54, 1.807) is 18.2 Å². The number of hydrazone groups is 1. The summed E-state index contributed by atoms with van der Waals surface area (Å²) in [5.41, 5.74) is 10.4. The molecule has 0 aliphatic carbocycles. The number of non-ortho nitro benzene ring substituents is 1. The molecule has 13 nitrogen and oxygen atoms in total. The van der Waals surface area contributed by atoms with E-state index in [-0.39, 0.29) is 23.0 Å². The molecule has 0 aliphatic rings. The molecule has 0 saturated carbocycles. The lowest BCUT2D eigenvalue weighted by molar-refractivity contribution is -0.384. The Labute approximate surface area is 179 Å². The van der Waals surface area contributed by atoms with Gasteiger partial charge in [-0.3, -0.25) is 14.9 Å². The van der Waals surface area contributed by atoms with Gasteiger partial charge in [-0.2, -0.15) is 9.78 Å². The van der Waals surface area contributed by atoms with Crippen molar-refractivity contribution >= 4 is 23.6 Å². The van der Waals surface area contributed by atoms with Crippen LogP contribution in [-0.2, 0) is 0 Å². The average Bonchev–Trinajstić information content (AvgIpc) is 3.40. The van der Waals surface area contributed by atoms with E-state index in [9.17, 15) is 14.9 Å². The smallest absolute Gasteiger partial charge is 0.294 e. The SMILES string of the molecule is Cc1ccc(-c2c(C(=O)N/N=C/c3cccc([N+](=O)[O-])c3)nnn2-c2nonc2N)cc1. The molecule has 0 spiro atoms. The number of amides is 1. The quantitative estimate of drug-likeness (QED) is 0.261. The Hall–Kier alpha value is -4.94. The lowest BCUT2D eigenvalue weighted by Gasteiger charge is -2.06. The van der Waals surface area contributed by atoms with Gasteiger partial charge in [-0.1, -0.05) is 47.2 Å². The molecule has 4 aromatic rings. The van der Waals surface area contributed by atoms with Crippen molar-refractivity contribution in [2.75, 3.05) is 5.73 Å². The second-order valence-electron chi connectivity index (χ2n) is 6.59. The third-order valence-corrected chi connectivity index (χ3v) is 4.37. The van der Waals surface area contributed by atoms with E-state index in [0.717, 1.165) is 5.56 Å². The molecule has 0 aliphatic heterocycles. The van der Waals surface area contributed by atoms with Crippen molar-refractivity contribution in [2.45, 2.75) is 6.92 Å². The van der Waals surface area contributed by atoms with Gasteiger partial charge in [-0.05, 0) is 17.2 Å². The number of nitro benzene ring substituents is 1. The van der Waals surface area contributed by atoms with Gasteiger partial charge < -0.3 is 5.73 Å². The summed E-state index contributed by atoms with van der Waals surface area (Å²) >= 11 is 0. The van der Waals surface area contributed by atoms with Crippen molar-refractivity contribution in [1.29, 1.82) is 0 Å². The number of hydrogen-bond acceptors (Lipinski definition) is 10. The van der Waals surface area contributed by atoms with Crippen molar-refractivity contribution in [1.82, 2.24) is 30.7 Å². The van der Waals surface area contributed by atoms with Crippen molar-refractivity contribution < 1.29 is 14.3 Å². The lowest BCUT2D eigenvalue weighted by Crippen LogP contribution is -2.19. The predicted octanol–water partition coefficient (Wildman–Crippen LogP) is 1.88. The normalized spacial score (nSPS) is 11.0. The highest BCUT2D eigenvalue weighted by molar-refractivity contribution is 5.98. The second kappa shape index (κ2) is 8.43. The number of hydrogen-bond donors (Lipinski definition) is 2. The van der Waals surface area contributed by atoms with Gasteiger partial charge in [0.1, 0.15) is 5.69 Å². The molecule has 2 heterocycles. The van der Waals surface area contributed by atoms with Crippen molar-refractivity contribution in [3.8, 4) is 17.1 Å². The Bertz CT molecular complexity index is 1320. The topological polar surface area (TPSA) is 180 Å². The fraction of sp³-hybridized carbons (Fsp3) is 0.0526. The van der Waals surface area contributed by atoms with E-state index in [4.69, 9.17) is 5.73 Å². The Kier molecular flexibility index (Phi) is 5.36. The highest BCUT2D eigenvalue weighted by Crippen LogP contribution is 2.26. The Morgan fingerprint density at radius 3 is 2.72 bits per heavy atom. The number of nitrogen functional groups attached to an aromatic ring is 1. The molecule has 0 saturated heterocycles. The molecular weight excluding hydrogens is 418 g/mol. The van der Waals surface area contributed by atoms with E-state index in [0.29, 0.717) is 16.8 Å². The maximum Gasteiger partial charge on any atom is 0.294 e. The molecule has 0 unspecified atom stereocenters. The van der Waals surface area contributed by atoms with Crippen LogP contribution in [0.25, 0.3) is 17.1 Å². The first-order valence-corrected chi connectivity index (χ1v) is 9.13. The minimum Gasteiger partial charge on any atom is -0.378 e. The van der Waals surface area contributed by atoms with Crippen LogP contribution in [0.4, 0.5) is 11.5 Å². The molecule has 0 fully saturated rings. The number of nitrogens with one attached hydrogen (secondary N) is 1. The van der Waals surface area contributed by atoms with E-state index < -0.39 is 10.8 Å². The maximum atomic E-state index is 12.8. The summed E-state index contributed by atoms with van der Waals surface area (Å²) in [6, 6.07) is 13.1. The maximum absolute atomic E-state index is 12.8. The van der Waals surface area contributed by atoms with Crippen LogP contribution in [0.15, 0.2) is 58.3 Å². The predicted molar refractivity (Wildman–Crippen MR) is 112 cm³/mol. The largest absolute Gasteiger partial charge is 0.378 e. The molecule has 160 valence electrons. The molecular formula is C19H15N9O4. The molecule has 2 aromatic carbocycles. The lowest BCUT2D eigenvalue weighted by atomic mass is 10.1. The number of nitrogens with two attached hydrogens (primary N) is 1. The highest BCUT2D eigenvalue weighted by Gasteiger charge is 2.25. The molecule has 0 atom stereocenters. The minimum absolute atomic E-state index is 0.0288. The van der Waals surface area contributed by atoms with Gasteiger partial charge in [-0.15, -0.1) is 5.10 Å². The summed E-state index contributed by atoms with van der Waals surface area (Å²) in [6.07, 6.45) is 1.28. The summed E-state index contributed by atoms with van der Waals surface area (Å²) in [4.78, 5) is 23.2. The minimum atomic E-state index is -0.663. The van der Waals surface area contributed by atoms with Gasteiger partial charge in [0.15, 0.2) is 5.69 Å². The van der Waals surface area contributed by atoms with Gasteiger partial charge in [0.2, 0.25) is 11.6 Å². The van der Waals surface area contributed by atoms with Crippen LogP contribution in [0.3, 0.4) is 0 Å². The zero-order valence-corrected chi connectivity index (χ0v) is 16.5. The molecule has 13 heteroatoms. The number of benzene rings is 2.